The van der Waals surface area contributed by atoms with Crippen LogP contribution >= 0.6 is 0 Å². The molecule has 2 N–H and O–H groups in total. The Morgan fingerprint density at radius 2 is 1.79 bits per heavy atom. The normalized spacial score (nSPS) is 11.7. The Labute approximate surface area is 165 Å². The van der Waals surface area contributed by atoms with Crippen molar-refractivity contribution in [2.75, 3.05) is 6.54 Å². The number of halogens is 1. The summed E-state index contributed by atoms with van der Waals surface area (Å²) in [5.41, 5.74) is 2.43. The molecule has 3 rings (SSSR count). The van der Waals surface area contributed by atoms with E-state index in [1.54, 1.807) is 6.92 Å². The molecule has 0 aliphatic carbocycles. The van der Waals surface area contributed by atoms with E-state index in [1.165, 1.54) is 16.8 Å². The summed E-state index contributed by atoms with van der Waals surface area (Å²) in [6, 6.07) is 12.5. The van der Waals surface area contributed by atoms with Crippen molar-refractivity contribution < 1.29 is 23.8 Å². The van der Waals surface area contributed by atoms with Crippen molar-refractivity contribution in [3.8, 4) is 11.4 Å². The largest absolute Gasteiger partial charge is 0.478 e. The molecule has 150 valence electrons. The molecule has 9 heteroatoms. The Bertz CT molecular complexity index is 1020. The second-order valence-corrected chi connectivity index (χ2v) is 6.38. The van der Waals surface area contributed by atoms with Crippen LogP contribution in [-0.4, -0.2) is 44.6 Å². The summed E-state index contributed by atoms with van der Waals surface area (Å²) in [5.74, 6) is -2.14. The SMILES string of the molecule is Cc1ccc(-n2nnc(C(=O)NC[C@@H](Oc3ccc(F)cc3)C(=O)O)c2C)cc1. The molecular weight excluding hydrogens is 379 g/mol. The number of carbonyl (C=O) groups is 2. The first-order valence-electron chi connectivity index (χ1n) is 8.77. The maximum Gasteiger partial charge on any atom is 0.346 e. The standard InChI is InChI=1S/C20H19FN4O4/c1-12-3-7-15(8-4-12)25-13(2)18(23-24-25)19(26)22-11-17(20(27)28)29-16-9-5-14(21)6-10-16/h3-10,17H,11H2,1-2H3,(H,22,26)(H,27,28)/t17-/m1/s1. The number of carboxylic acid groups (broad SMARTS) is 1. The maximum atomic E-state index is 13.0. The van der Waals surface area contributed by atoms with Gasteiger partial charge in [-0.2, -0.15) is 0 Å². The number of amides is 1. The van der Waals surface area contributed by atoms with Gasteiger partial charge in [0.15, 0.2) is 5.69 Å². The van der Waals surface area contributed by atoms with Crippen LogP contribution in [0, 0.1) is 19.7 Å². The maximum absolute atomic E-state index is 13.0. The molecule has 3 aromatic rings. The molecule has 1 aromatic heterocycles. The van der Waals surface area contributed by atoms with E-state index >= 15 is 0 Å². The van der Waals surface area contributed by atoms with Crippen LogP contribution in [0.15, 0.2) is 48.5 Å². The van der Waals surface area contributed by atoms with Crippen molar-refractivity contribution in [2.45, 2.75) is 20.0 Å². The lowest BCUT2D eigenvalue weighted by atomic mass is 10.2. The van der Waals surface area contributed by atoms with Crippen molar-refractivity contribution in [3.63, 3.8) is 0 Å². The lowest BCUT2D eigenvalue weighted by Gasteiger charge is -2.15. The summed E-state index contributed by atoms with van der Waals surface area (Å²) in [6.07, 6.45) is -1.35. The van der Waals surface area contributed by atoms with Crippen LogP contribution in [0.25, 0.3) is 5.69 Å². The van der Waals surface area contributed by atoms with E-state index in [1.807, 2.05) is 31.2 Å². The van der Waals surface area contributed by atoms with Crippen molar-refractivity contribution in [2.24, 2.45) is 0 Å². The third-order valence-electron chi connectivity index (χ3n) is 4.20. The van der Waals surface area contributed by atoms with Gasteiger partial charge in [-0.3, -0.25) is 4.79 Å². The van der Waals surface area contributed by atoms with Crippen LogP contribution in [0.2, 0.25) is 0 Å². The van der Waals surface area contributed by atoms with Crippen molar-refractivity contribution in [3.05, 3.63) is 71.3 Å². The average Bonchev–Trinajstić information content (AvgIpc) is 3.08. The molecule has 1 heterocycles. The average molecular weight is 398 g/mol. The third-order valence-corrected chi connectivity index (χ3v) is 4.20. The monoisotopic (exact) mass is 398 g/mol. The number of rotatable bonds is 7. The molecule has 1 atom stereocenters. The van der Waals surface area contributed by atoms with Crippen molar-refractivity contribution in [1.82, 2.24) is 20.3 Å². The van der Waals surface area contributed by atoms with Crippen molar-refractivity contribution in [1.29, 1.82) is 0 Å². The summed E-state index contributed by atoms with van der Waals surface area (Å²) >= 11 is 0. The van der Waals surface area contributed by atoms with Gasteiger partial charge >= 0.3 is 5.97 Å². The van der Waals surface area contributed by atoms with E-state index in [4.69, 9.17) is 4.74 Å². The van der Waals surface area contributed by atoms with Crippen LogP contribution in [0.5, 0.6) is 5.75 Å². The Morgan fingerprint density at radius 3 is 2.41 bits per heavy atom. The van der Waals surface area contributed by atoms with Crippen LogP contribution in [0.3, 0.4) is 0 Å². The van der Waals surface area contributed by atoms with Crippen molar-refractivity contribution >= 4 is 11.9 Å². The van der Waals surface area contributed by atoms with Gasteiger partial charge in [0.25, 0.3) is 5.91 Å². The smallest absolute Gasteiger partial charge is 0.346 e. The van der Waals surface area contributed by atoms with Gasteiger partial charge in [-0.1, -0.05) is 22.9 Å². The molecule has 0 fully saturated rings. The topological polar surface area (TPSA) is 106 Å². The fourth-order valence-electron chi connectivity index (χ4n) is 2.60. The minimum Gasteiger partial charge on any atom is -0.478 e. The number of benzene rings is 2. The van der Waals surface area contributed by atoms with E-state index in [0.29, 0.717) is 5.69 Å². The number of hydrogen-bond donors (Lipinski definition) is 2. The minimum absolute atomic E-state index is 0.0801. The lowest BCUT2D eigenvalue weighted by Crippen LogP contribution is -2.40. The van der Waals surface area contributed by atoms with Gasteiger partial charge in [-0.05, 0) is 50.2 Å². The van der Waals surface area contributed by atoms with Crippen LogP contribution < -0.4 is 10.1 Å². The highest BCUT2D eigenvalue weighted by atomic mass is 19.1. The molecule has 8 nitrogen and oxygen atoms in total. The van der Waals surface area contributed by atoms with Gasteiger partial charge in [0, 0.05) is 0 Å². The fourth-order valence-corrected chi connectivity index (χ4v) is 2.60. The second kappa shape index (κ2) is 8.51. The Hall–Kier alpha value is -3.75. The molecule has 1 amide bonds. The van der Waals surface area contributed by atoms with Gasteiger partial charge < -0.3 is 15.2 Å². The Balaban J connectivity index is 1.68. The molecule has 0 aliphatic heterocycles. The third kappa shape index (κ3) is 4.75. The molecule has 29 heavy (non-hydrogen) atoms. The van der Waals surface area contributed by atoms with Gasteiger partial charge in [-0.25, -0.2) is 13.9 Å². The summed E-state index contributed by atoms with van der Waals surface area (Å²) in [5, 5.41) is 19.7. The molecule has 0 spiro atoms. The molecule has 0 unspecified atom stereocenters. The predicted octanol–water partition coefficient (Wildman–Crippen LogP) is 2.29. The quantitative estimate of drug-likeness (QED) is 0.633. The number of carbonyl (C=O) groups excluding carboxylic acids is 1. The zero-order chi connectivity index (χ0) is 21.0. The van der Waals surface area contributed by atoms with Crippen LogP contribution in [0.4, 0.5) is 4.39 Å². The Kier molecular flexibility index (Phi) is 5.87. The molecule has 0 saturated heterocycles. The summed E-state index contributed by atoms with van der Waals surface area (Å²) in [6.45, 7) is 3.35. The zero-order valence-corrected chi connectivity index (χ0v) is 15.8. The Morgan fingerprint density at radius 1 is 1.14 bits per heavy atom. The van der Waals surface area contributed by atoms with Crippen LogP contribution in [0.1, 0.15) is 21.7 Å². The molecular formula is C20H19FN4O4. The highest BCUT2D eigenvalue weighted by molar-refractivity contribution is 5.93. The summed E-state index contributed by atoms with van der Waals surface area (Å²) in [4.78, 5) is 23.9. The minimum atomic E-state index is -1.35. The number of carboxylic acids is 1. The second-order valence-electron chi connectivity index (χ2n) is 6.38. The van der Waals surface area contributed by atoms with E-state index in [9.17, 15) is 19.1 Å². The molecule has 0 radical (unpaired) electrons. The number of nitrogens with zero attached hydrogens (tertiary/aromatic N) is 3. The molecule has 0 bridgehead atoms. The summed E-state index contributed by atoms with van der Waals surface area (Å²) < 4.78 is 19.8. The number of aryl methyl sites for hydroxylation is 1. The lowest BCUT2D eigenvalue weighted by molar-refractivity contribution is -0.144. The molecule has 0 aliphatic rings. The summed E-state index contributed by atoms with van der Waals surface area (Å²) in [7, 11) is 0. The highest BCUT2D eigenvalue weighted by Gasteiger charge is 2.23. The predicted molar refractivity (Wildman–Crippen MR) is 102 cm³/mol. The molecule has 2 aromatic carbocycles. The number of aromatic nitrogens is 3. The van der Waals surface area contributed by atoms with Gasteiger partial charge in [0.2, 0.25) is 6.10 Å². The van der Waals surface area contributed by atoms with Gasteiger partial charge in [0.1, 0.15) is 11.6 Å². The first kappa shape index (κ1) is 20.0. The first-order valence-corrected chi connectivity index (χ1v) is 8.77. The van der Waals surface area contributed by atoms with Crippen LogP contribution in [-0.2, 0) is 4.79 Å². The van der Waals surface area contributed by atoms with E-state index in [2.05, 4.69) is 15.6 Å². The zero-order valence-electron chi connectivity index (χ0n) is 15.8. The number of nitrogens with one attached hydrogen (secondary N) is 1. The van der Waals surface area contributed by atoms with E-state index < -0.39 is 23.8 Å². The highest BCUT2D eigenvalue weighted by Crippen LogP contribution is 2.14. The van der Waals surface area contributed by atoms with Gasteiger partial charge in [0.05, 0.1) is 17.9 Å². The molecule has 0 saturated carbocycles. The first-order chi connectivity index (χ1) is 13.8. The van der Waals surface area contributed by atoms with E-state index in [-0.39, 0.29) is 18.0 Å². The number of ether oxygens (including phenoxy) is 1. The van der Waals surface area contributed by atoms with E-state index in [0.717, 1.165) is 23.4 Å². The number of aliphatic carboxylic acids is 1. The number of hydrogen-bond acceptors (Lipinski definition) is 5. The fraction of sp³-hybridized carbons (Fsp3) is 0.200. The van der Waals surface area contributed by atoms with Gasteiger partial charge in [-0.15, -0.1) is 5.10 Å².